The van der Waals surface area contributed by atoms with Gasteiger partial charge in [0.25, 0.3) is 0 Å². The topological polar surface area (TPSA) is 32.5 Å². The summed E-state index contributed by atoms with van der Waals surface area (Å²) in [4.78, 5) is 4.74. The highest BCUT2D eigenvalue weighted by molar-refractivity contribution is 5.50. The summed E-state index contributed by atoms with van der Waals surface area (Å²) in [6.45, 7) is 7.31. The first kappa shape index (κ1) is 14.4. The van der Waals surface area contributed by atoms with Gasteiger partial charge < -0.3 is 15.5 Å². The van der Waals surface area contributed by atoms with Crippen molar-refractivity contribution in [3.8, 4) is 0 Å². The average Bonchev–Trinajstić information content (AvgIpc) is 2.84. The van der Waals surface area contributed by atoms with Crippen molar-refractivity contribution >= 4 is 5.69 Å². The van der Waals surface area contributed by atoms with Gasteiger partial charge in [-0.25, -0.2) is 0 Å². The first-order valence-corrected chi connectivity index (χ1v) is 7.21. The standard InChI is InChI=1S/C16H27N3/c1-13(2)14-5-7-15(8-6-14)19-10-9-16(11-17,12-19)18(3)4/h5-8,13H,9-12,17H2,1-4H3. The van der Waals surface area contributed by atoms with Gasteiger partial charge in [0.15, 0.2) is 0 Å². The van der Waals surface area contributed by atoms with Crippen LogP contribution in [-0.2, 0) is 0 Å². The molecule has 1 heterocycles. The normalized spacial score (nSPS) is 23.6. The molecule has 1 unspecified atom stereocenters. The lowest BCUT2D eigenvalue weighted by Gasteiger charge is -2.35. The fourth-order valence-corrected chi connectivity index (χ4v) is 2.86. The second kappa shape index (κ2) is 5.51. The van der Waals surface area contributed by atoms with Crippen molar-refractivity contribution < 1.29 is 0 Å². The molecule has 19 heavy (non-hydrogen) atoms. The molecule has 2 N–H and O–H groups in total. The van der Waals surface area contributed by atoms with Crippen molar-refractivity contribution in [2.75, 3.05) is 38.6 Å². The van der Waals surface area contributed by atoms with E-state index in [-0.39, 0.29) is 5.54 Å². The van der Waals surface area contributed by atoms with Gasteiger partial charge in [-0.15, -0.1) is 0 Å². The van der Waals surface area contributed by atoms with Crippen LogP contribution in [0.1, 0.15) is 31.7 Å². The van der Waals surface area contributed by atoms with Crippen LogP contribution >= 0.6 is 0 Å². The van der Waals surface area contributed by atoms with E-state index < -0.39 is 0 Å². The van der Waals surface area contributed by atoms with Crippen LogP contribution in [0.2, 0.25) is 0 Å². The Bertz CT molecular complexity index is 411. The van der Waals surface area contributed by atoms with Crippen LogP contribution in [0, 0.1) is 0 Å². The second-order valence-electron chi connectivity index (χ2n) is 6.24. The summed E-state index contributed by atoms with van der Waals surface area (Å²) in [6.07, 6.45) is 1.14. The van der Waals surface area contributed by atoms with E-state index in [0.29, 0.717) is 5.92 Å². The van der Waals surface area contributed by atoms with E-state index in [1.165, 1.54) is 11.3 Å². The van der Waals surface area contributed by atoms with Gasteiger partial charge in [0, 0.05) is 25.3 Å². The zero-order valence-electron chi connectivity index (χ0n) is 12.7. The Morgan fingerprint density at radius 3 is 2.32 bits per heavy atom. The molecule has 0 radical (unpaired) electrons. The number of nitrogens with zero attached hydrogens (tertiary/aromatic N) is 2. The van der Waals surface area contributed by atoms with Crippen LogP contribution < -0.4 is 10.6 Å². The zero-order chi connectivity index (χ0) is 14.0. The van der Waals surface area contributed by atoms with Crippen molar-refractivity contribution in [2.24, 2.45) is 5.73 Å². The smallest absolute Gasteiger partial charge is 0.0518 e. The molecule has 1 aromatic carbocycles. The van der Waals surface area contributed by atoms with Crippen molar-refractivity contribution in [2.45, 2.75) is 31.7 Å². The summed E-state index contributed by atoms with van der Waals surface area (Å²) in [6, 6.07) is 8.99. The number of hydrogen-bond donors (Lipinski definition) is 1. The van der Waals surface area contributed by atoms with E-state index in [1.54, 1.807) is 0 Å². The largest absolute Gasteiger partial charge is 0.370 e. The van der Waals surface area contributed by atoms with Crippen LogP contribution in [0.15, 0.2) is 24.3 Å². The number of nitrogens with two attached hydrogens (primary N) is 1. The van der Waals surface area contributed by atoms with Crippen LogP contribution in [-0.4, -0.2) is 44.2 Å². The highest BCUT2D eigenvalue weighted by Crippen LogP contribution is 2.30. The second-order valence-corrected chi connectivity index (χ2v) is 6.24. The fraction of sp³-hybridized carbons (Fsp3) is 0.625. The summed E-state index contributed by atoms with van der Waals surface area (Å²) in [7, 11) is 4.27. The van der Waals surface area contributed by atoms with Gasteiger partial charge in [-0.3, -0.25) is 0 Å². The summed E-state index contributed by atoms with van der Waals surface area (Å²) >= 11 is 0. The Morgan fingerprint density at radius 1 is 1.26 bits per heavy atom. The molecule has 0 spiro atoms. The highest BCUT2D eigenvalue weighted by Gasteiger charge is 2.38. The molecule has 1 aliphatic rings. The molecule has 0 saturated carbocycles. The van der Waals surface area contributed by atoms with Gasteiger partial charge in [-0.1, -0.05) is 26.0 Å². The van der Waals surface area contributed by atoms with Gasteiger partial charge in [-0.2, -0.15) is 0 Å². The van der Waals surface area contributed by atoms with Crippen LogP contribution in [0.4, 0.5) is 5.69 Å². The first-order valence-electron chi connectivity index (χ1n) is 7.21. The van der Waals surface area contributed by atoms with Gasteiger partial charge in [0.2, 0.25) is 0 Å². The Morgan fingerprint density at radius 2 is 1.89 bits per heavy atom. The van der Waals surface area contributed by atoms with Gasteiger partial charge >= 0.3 is 0 Å². The molecule has 1 saturated heterocycles. The fourth-order valence-electron chi connectivity index (χ4n) is 2.86. The van der Waals surface area contributed by atoms with E-state index >= 15 is 0 Å². The average molecular weight is 261 g/mol. The lowest BCUT2D eigenvalue weighted by atomic mass is 9.97. The van der Waals surface area contributed by atoms with E-state index in [0.717, 1.165) is 26.1 Å². The van der Waals surface area contributed by atoms with Gasteiger partial charge in [-0.05, 0) is 44.1 Å². The predicted molar refractivity (Wildman–Crippen MR) is 82.8 cm³/mol. The quantitative estimate of drug-likeness (QED) is 0.902. The minimum atomic E-state index is 0.136. The molecule has 0 aromatic heterocycles. The summed E-state index contributed by atoms with van der Waals surface area (Å²) in [5, 5.41) is 0. The molecule has 1 fully saturated rings. The third-order valence-electron chi connectivity index (χ3n) is 4.59. The summed E-state index contributed by atoms with van der Waals surface area (Å²) in [5.41, 5.74) is 8.87. The van der Waals surface area contributed by atoms with Crippen molar-refractivity contribution in [3.05, 3.63) is 29.8 Å². The molecule has 0 amide bonds. The third kappa shape index (κ3) is 2.77. The highest BCUT2D eigenvalue weighted by atomic mass is 15.3. The van der Waals surface area contributed by atoms with E-state index in [9.17, 15) is 0 Å². The lowest BCUT2D eigenvalue weighted by Crippen LogP contribution is -2.52. The summed E-state index contributed by atoms with van der Waals surface area (Å²) in [5.74, 6) is 0.595. The Labute approximate surface area is 117 Å². The molecule has 106 valence electrons. The van der Waals surface area contributed by atoms with Crippen LogP contribution in [0.3, 0.4) is 0 Å². The molecule has 2 rings (SSSR count). The molecule has 0 aliphatic carbocycles. The predicted octanol–water partition coefficient (Wildman–Crippen LogP) is 2.28. The molecule has 1 atom stereocenters. The maximum absolute atomic E-state index is 6.01. The van der Waals surface area contributed by atoms with Gasteiger partial charge in [0.05, 0.1) is 5.54 Å². The van der Waals surface area contributed by atoms with Crippen molar-refractivity contribution in [3.63, 3.8) is 0 Å². The Balaban J connectivity index is 2.12. The number of rotatable bonds is 4. The minimum Gasteiger partial charge on any atom is -0.370 e. The van der Waals surface area contributed by atoms with Crippen LogP contribution in [0.25, 0.3) is 0 Å². The van der Waals surface area contributed by atoms with Crippen molar-refractivity contribution in [1.82, 2.24) is 4.90 Å². The Kier molecular flexibility index (Phi) is 4.16. The number of likely N-dealkylation sites (N-methyl/N-ethyl adjacent to an activating group) is 1. The van der Waals surface area contributed by atoms with E-state index in [1.807, 2.05) is 0 Å². The molecule has 3 heteroatoms. The maximum atomic E-state index is 6.01. The number of anilines is 1. The van der Waals surface area contributed by atoms with Gasteiger partial charge in [0.1, 0.15) is 0 Å². The molecule has 1 aromatic rings. The summed E-state index contributed by atoms with van der Waals surface area (Å²) < 4.78 is 0. The third-order valence-corrected chi connectivity index (χ3v) is 4.59. The Hall–Kier alpha value is -1.06. The van der Waals surface area contributed by atoms with E-state index in [4.69, 9.17) is 5.73 Å². The van der Waals surface area contributed by atoms with Crippen molar-refractivity contribution in [1.29, 1.82) is 0 Å². The molecular formula is C16H27N3. The zero-order valence-corrected chi connectivity index (χ0v) is 12.7. The molecule has 0 bridgehead atoms. The molecule has 1 aliphatic heterocycles. The molecule has 3 nitrogen and oxygen atoms in total. The lowest BCUT2D eigenvalue weighted by molar-refractivity contribution is 0.184. The van der Waals surface area contributed by atoms with Crippen LogP contribution in [0.5, 0.6) is 0 Å². The first-order chi connectivity index (χ1) is 8.98. The van der Waals surface area contributed by atoms with E-state index in [2.05, 4.69) is 62.0 Å². The number of benzene rings is 1. The monoisotopic (exact) mass is 261 g/mol. The minimum absolute atomic E-state index is 0.136. The SMILES string of the molecule is CC(C)c1ccc(N2CCC(CN)(N(C)C)C2)cc1. The maximum Gasteiger partial charge on any atom is 0.0518 e. The number of hydrogen-bond acceptors (Lipinski definition) is 3. The molecular weight excluding hydrogens is 234 g/mol.